The summed E-state index contributed by atoms with van der Waals surface area (Å²) in [7, 11) is 0. The van der Waals surface area contributed by atoms with Crippen LogP contribution in [0, 0.1) is 6.92 Å². The molecule has 3 N–H and O–H groups in total. The second-order valence-electron chi connectivity index (χ2n) is 4.52. The fourth-order valence-corrected chi connectivity index (χ4v) is 2.11. The van der Waals surface area contributed by atoms with E-state index in [0.717, 1.165) is 34.5 Å². The van der Waals surface area contributed by atoms with Crippen molar-refractivity contribution in [3.8, 4) is 0 Å². The summed E-state index contributed by atoms with van der Waals surface area (Å²) in [4.78, 5) is 4.52. The second-order valence-corrected chi connectivity index (χ2v) is 5.79. The number of anilines is 2. The van der Waals surface area contributed by atoms with Gasteiger partial charge in [-0.3, -0.25) is 4.98 Å². The summed E-state index contributed by atoms with van der Waals surface area (Å²) in [6, 6.07) is 7.92. The Balaban J connectivity index is 2.38. The van der Waals surface area contributed by atoms with Gasteiger partial charge in [0.1, 0.15) is 0 Å². The van der Waals surface area contributed by atoms with Gasteiger partial charge in [-0.2, -0.15) is 11.8 Å². The van der Waals surface area contributed by atoms with Crippen LogP contribution in [-0.4, -0.2) is 23.0 Å². The van der Waals surface area contributed by atoms with Crippen molar-refractivity contribution in [1.82, 2.24) is 4.98 Å². The van der Waals surface area contributed by atoms with Crippen molar-refractivity contribution in [2.24, 2.45) is 0 Å². The van der Waals surface area contributed by atoms with Gasteiger partial charge in [-0.05, 0) is 37.4 Å². The molecule has 0 radical (unpaired) electrons. The first kappa shape index (κ1) is 13.0. The lowest BCUT2D eigenvalue weighted by Gasteiger charge is -2.14. The number of nitrogen functional groups attached to an aromatic ring is 1. The van der Waals surface area contributed by atoms with Crippen molar-refractivity contribution < 1.29 is 0 Å². The predicted octanol–water partition coefficient (Wildman–Crippen LogP) is 3.29. The topological polar surface area (TPSA) is 50.9 Å². The third-order valence-corrected chi connectivity index (χ3v) is 3.91. The van der Waals surface area contributed by atoms with Crippen molar-refractivity contribution in [2.75, 3.05) is 23.9 Å². The molecule has 1 aromatic carbocycles. The zero-order chi connectivity index (χ0) is 13.1. The first-order chi connectivity index (χ1) is 8.60. The molecule has 18 heavy (non-hydrogen) atoms. The largest absolute Gasteiger partial charge is 0.399 e. The molecule has 1 aromatic heterocycles. The number of rotatable bonds is 4. The van der Waals surface area contributed by atoms with Crippen LogP contribution in [0.2, 0.25) is 0 Å². The lowest BCUT2D eigenvalue weighted by Crippen LogP contribution is -2.13. The van der Waals surface area contributed by atoms with Crippen molar-refractivity contribution in [3.05, 3.63) is 30.0 Å². The van der Waals surface area contributed by atoms with E-state index in [4.69, 9.17) is 5.73 Å². The van der Waals surface area contributed by atoms with Gasteiger partial charge in [-0.25, -0.2) is 0 Å². The maximum atomic E-state index is 5.85. The molecule has 3 nitrogen and oxygen atoms in total. The number of nitrogens with two attached hydrogens (primary N) is 1. The Morgan fingerprint density at radius 1 is 1.39 bits per heavy atom. The predicted molar refractivity (Wildman–Crippen MR) is 82.4 cm³/mol. The van der Waals surface area contributed by atoms with E-state index in [1.807, 2.05) is 36.9 Å². The molecule has 0 bridgehead atoms. The van der Waals surface area contributed by atoms with Crippen molar-refractivity contribution in [1.29, 1.82) is 0 Å². The Labute approximate surface area is 112 Å². The average molecular weight is 261 g/mol. The van der Waals surface area contributed by atoms with Crippen LogP contribution in [0.1, 0.15) is 12.6 Å². The molecular formula is C14H19N3S. The highest BCUT2D eigenvalue weighted by molar-refractivity contribution is 7.99. The average Bonchev–Trinajstić information content (AvgIpc) is 2.36. The monoisotopic (exact) mass is 261 g/mol. The number of hydrogen-bond acceptors (Lipinski definition) is 4. The summed E-state index contributed by atoms with van der Waals surface area (Å²) in [5.74, 6) is 0. The number of fused-ring (bicyclic) bond motifs is 1. The molecule has 0 saturated heterocycles. The Morgan fingerprint density at radius 2 is 2.17 bits per heavy atom. The van der Waals surface area contributed by atoms with Gasteiger partial charge in [0, 0.05) is 34.2 Å². The number of aromatic nitrogens is 1. The molecule has 4 heteroatoms. The Kier molecular flexibility index (Phi) is 3.97. The van der Waals surface area contributed by atoms with Crippen LogP contribution in [0.5, 0.6) is 0 Å². The number of thioether (sulfide) groups is 1. The highest BCUT2D eigenvalue weighted by atomic mass is 32.2. The van der Waals surface area contributed by atoms with E-state index in [1.165, 1.54) is 0 Å². The SMILES string of the molecule is CSC(C)CNc1cc(C)nc2ccc(N)cc12. The number of aryl methyl sites for hydroxylation is 1. The molecule has 0 aliphatic heterocycles. The molecule has 0 spiro atoms. The number of nitrogens with zero attached hydrogens (tertiary/aromatic N) is 1. The van der Waals surface area contributed by atoms with E-state index in [9.17, 15) is 0 Å². The minimum absolute atomic E-state index is 0.578. The Morgan fingerprint density at radius 3 is 2.89 bits per heavy atom. The molecule has 1 unspecified atom stereocenters. The van der Waals surface area contributed by atoms with Crippen molar-refractivity contribution in [3.63, 3.8) is 0 Å². The van der Waals surface area contributed by atoms with Gasteiger partial charge < -0.3 is 11.1 Å². The number of nitrogens with one attached hydrogen (secondary N) is 1. The summed E-state index contributed by atoms with van der Waals surface area (Å²) in [6.07, 6.45) is 2.13. The molecule has 0 amide bonds. The quantitative estimate of drug-likeness (QED) is 0.829. The lowest BCUT2D eigenvalue weighted by atomic mass is 10.1. The van der Waals surface area contributed by atoms with Crippen LogP contribution >= 0.6 is 11.8 Å². The lowest BCUT2D eigenvalue weighted by molar-refractivity contribution is 1.00. The normalized spacial score (nSPS) is 12.6. The zero-order valence-corrected chi connectivity index (χ0v) is 11.8. The summed E-state index contributed by atoms with van der Waals surface area (Å²) < 4.78 is 0. The molecule has 0 aliphatic rings. The Hall–Kier alpha value is -1.42. The van der Waals surface area contributed by atoms with Crippen LogP contribution in [0.3, 0.4) is 0 Å². The van der Waals surface area contributed by atoms with Crippen molar-refractivity contribution in [2.45, 2.75) is 19.1 Å². The van der Waals surface area contributed by atoms with Gasteiger partial charge in [0.15, 0.2) is 0 Å². The molecule has 1 heterocycles. The highest BCUT2D eigenvalue weighted by Crippen LogP contribution is 2.25. The van der Waals surface area contributed by atoms with Gasteiger partial charge in [0.05, 0.1) is 5.52 Å². The molecular weight excluding hydrogens is 242 g/mol. The molecule has 1 atom stereocenters. The van der Waals surface area contributed by atoms with E-state index in [1.54, 1.807) is 0 Å². The molecule has 2 rings (SSSR count). The standard InChI is InChI=1S/C14H19N3S/c1-9-6-14(16-8-10(2)18-3)12-7-11(15)4-5-13(12)17-9/h4-7,10H,8,15H2,1-3H3,(H,16,17). The molecule has 2 aromatic rings. The van der Waals surface area contributed by atoms with Crippen LogP contribution in [0.4, 0.5) is 11.4 Å². The molecule has 0 fully saturated rings. The van der Waals surface area contributed by atoms with Gasteiger partial charge >= 0.3 is 0 Å². The Bertz CT molecular complexity index is 554. The van der Waals surface area contributed by atoms with E-state index in [0.29, 0.717) is 5.25 Å². The van der Waals surface area contributed by atoms with Crippen LogP contribution in [0.15, 0.2) is 24.3 Å². The summed E-state index contributed by atoms with van der Waals surface area (Å²) in [5, 5.41) is 5.16. The smallest absolute Gasteiger partial charge is 0.0727 e. The highest BCUT2D eigenvalue weighted by Gasteiger charge is 2.06. The first-order valence-corrected chi connectivity index (χ1v) is 7.32. The maximum Gasteiger partial charge on any atom is 0.0727 e. The maximum absolute atomic E-state index is 5.85. The first-order valence-electron chi connectivity index (χ1n) is 6.03. The zero-order valence-electron chi connectivity index (χ0n) is 11.0. The van der Waals surface area contributed by atoms with E-state index in [2.05, 4.69) is 29.5 Å². The second kappa shape index (κ2) is 5.48. The number of pyridine rings is 1. The number of benzene rings is 1. The minimum Gasteiger partial charge on any atom is -0.399 e. The summed E-state index contributed by atoms with van der Waals surface area (Å²) in [6.45, 7) is 5.16. The summed E-state index contributed by atoms with van der Waals surface area (Å²) in [5.41, 5.74) is 9.75. The van der Waals surface area contributed by atoms with Gasteiger partial charge in [-0.1, -0.05) is 6.92 Å². The fraction of sp³-hybridized carbons (Fsp3) is 0.357. The number of hydrogen-bond donors (Lipinski definition) is 2. The van der Waals surface area contributed by atoms with E-state index < -0.39 is 0 Å². The molecule has 0 aliphatic carbocycles. The minimum atomic E-state index is 0.578. The van der Waals surface area contributed by atoms with Crippen molar-refractivity contribution >= 4 is 34.0 Å². The van der Waals surface area contributed by atoms with Gasteiger partial charge in [0.2, 0.25) is 0 Å². The van der Waals surface area contributed by atoms with Gasteiger partial charge in [0.25, 0.3) is 0 Å². The third kappa shape index (κ3) is 2.88. The van der Waals surface area contributed by atoms with Crippen LogP contribution in [-0.2, 0) is 0 Å². The van der Waals surface area contributed by atoms with Gasteiger partial charge in [-0.15, -0.1) is 0 Å². The third-order valence-electron chi connectivity index (χ3n) is 2.94. The van der Waals surface area contributed by atoms with Crippen LogP contribution < -0.4 is 11.1 Å². The molecule has 0 saturated carbocycles. The van der Waals surface area contributed by atoms with E-state index >= 15 is 0 Å². The van der Waals surface area contributed by atoms with Crippen LogP contribution in [0.25, 0.3) is 10.9 Å². The molecule has 96 valence electrons. The summed E-state index contributed by atoms with van der Waals surface area (Å²) >= 11 is 1.85. The van der Waals surface area contributed by atoms with E-state index in [-0.39, 0.29) is 0 Å². The fourth-order valence-electron chi connectivity index (χ4n) is 1.86.